The monoisotopic (exact) mass is 213 g/mol. The number of rotatable bonds is 0. The van der Waals surface area contributed by atoms with Crippen molar-refractivity contribution in [3.05, 3.63) is 48.5 Å². The molecule has 3 heteroatoms. The van der Waals surface area contributed by atoms with Gasteiger partial charge in [-0.05, 0) is 34.6 Å². The summed E-state index contributed by atoms with van der Waals surface area (Å²) < 4.78 is 5.63. The third-order valence-electron chi connectivity index (χ3n) is 2.49. The van der Waals surface area contributed by atoms with E-state index in [1.165, 1.54) is 0 Å². The van der Waals surface area contributed by atoms with Gasteiger partial charge in [0.05, 0.1) is 0 Å². The molecule has 2 aromatic carbocycles. The van der Waals surface area contributed by atoms with Crippen LogP contribution in [0.15, 0.2) is 48.5 Å². The van der Waals surface area contributed by atoms with Crippen LogP contribution in [0.3, 0.4) is 0 Å². The topological polar surface area (TPSA) is 29.5 Å². The lowest BCUT2D eigenvalue weighted by atomic mass is 10.3. The predicted octanol–water partition coefficient (Wildman–Crippen LogP) is 0.890. The molecule has 0 spiro atoms. The van der Waals surface area contributed by atoms with Crippen LogP contribution in [0.4, 0.5) is 0 Å². The van der Waals surface area contributed by atoms with Gasteiger partial charge in [0.1, 0.15) is 11.5 Å². The molecular weight excluding hydrogens is 204 g/mol. The quantitative estimate of drug-likeness (QED) is 0.659. The molecule has 1 radical (unpaired) electrons. The lowest BCUT2D eigenvalue weighted by molar-refractivity contribution is 0.482. The first kappa shape index (κ1) is 8.70. The van der Waals surface area contributed by atoms with Crippen LogP contribution >= 0.6 is 0 Å². The molecule has 0 saturated carbocycles. The summed E-state index contributed by atoms with van der Waals surface area (Å²) in [5.74, 6) is 1.62. The summed E-state index contributed by atoms with van der Waals surface area (Å²) in [6.07, 6.45) is 0. The highest BCUT2D eigenvalue weighted by atomic mass is 28.3. The lowest BCUT2D eigenvalue weighted by Crippen LogP contribution is -2.42. The highest BCUT2D eigenvalue weighted by Crippen LogP contribution is 2.20. The van der Waals surface area contributed by atoms with Gasteiger partial charge in [0, 0.05) is 0 Å². The Balaban J connectivity index is 2.23. The average Bonchev–Trinajstić information content (AvgIpc) is 2.31. The van der Waals surface area contributed by atoms with Crippen LogP contribution in [0.5, 0.6) is 11.5 Å². The highest BCUT2D eigenvalue weighted by molar-refractivity contribution is 6.78. The maximum Gasteiger partial charge on any atom is 0.280 e. The van der Waals surface area contributed by atoms with Crippen molar-refractivity contribution in [1.29, 1.82) is 0 Å². The Hall–Kier alpha value is -1.58. The molecule has 2 aromatic rings. The van der Waals surface area contributed by atoms with Crippen LogP contribution in [-0.4, -0.2) is 13.8 Å². The van der Waals surface area contributed by atoms with Gasteiger partial charge in [-0.2, -0.15) is 0 Å². The van der Waals surface area contributed by atoms with E-state index in [2.05, 4.69) is 0 Å². The van der Waals surface area contributed by atoms with E-state index in [1.54, 1.807) is 0 Å². The molecule has 0 unspecified atom stereocenters. The summed E-state index contributed by atoms with van der Waals surface area (Å²) in [5, 5.41) is 1.98. The molecule has 0 aromatic heterocycles. The van der Waals surface area contributed by atoms with Gasteiger partial charge in [0.2, 0.25) is 0 Å². The minimum Gasteiger partial charge on any atom is -0.457 e. The molecule has 4 aliphatic heterocycles. The zero-order valence-electron chi connectivity index (χ0n) is 7.97. The number of hydrogen-bond acceptors (Lipinski definition) is 2. The molecule has 6 rings (SSSR count). The first-order valence-electron chi connectivity index (χ1n) is 4.77. The smallest absolute Gasteiger partial charge is 0.280 e. The van der Waals surface area contributed by atoms with Gasteiger partial charge in [-0.3, -0.25) is 0 Å². The second-order valence-electron chi connectivity index (χ2n) is 3.50. The molecule has 2 nitrogen and oxygen atoms in total. The molecule has 0 atom stereocenters. The van der Waals surface area contributed by atoms with Gasteiger partial charge in [-0.15, -0.1) is 0 Å². The van der Waals surface area contributed by atoms with Crippen LogP contribution < -0.4 is 15.1 Å². The molecule has 15 heavy (non-hydrogen) atoms. The summed E-state index contributed by atoms with van der Waals surface area (Å²) in [5.41, 5.74) is 0. The molecule has 0 amide bonds. The Morgan fingerprint density at radius 1 is 0.733 bits per heavy atom. The van der Waals surface area contributed by atoms with Crippen molar-refractivity contribution in [3.8, 4) is 11.5 Å². The third kappa shape index (κ3) is 1.46. The van der Waals surface area contributed by atoms with Gasteiger partial charge in [0.25, 0.3) is 9.04 Å². The third-order valence-corrected chi connectivity index (χ3v) is 4.25. The van der Waals surface area contributed by atoms with Crippen molar-refractivity contribution in [2.45, 2.75) is 0 Å². The molecule has 4 aliphatic rings. The van der Waals surface area contributed by atoms with Crippen LogP contribution in [0.25, 0.3) is 0 Å². The molecule has 0 aliphatic carbocycles. The van der Waals surface area contributed by atoms with Crippen molar-refractivity contribution < 1.29 is 9.53 Å². The zero-order valence-corrected chi connectivity index (χ0v) is 8.97. The summed E-state index contributed by atoms with van der Waals surface area (Å²) >= 11 is 0. The standard InChI is InChI=1S/C12H9O2Si/c13-15-11-5-1-9(2-6-11)14-10-3-7-12(15)8-4-10/h1-8,13H. The van der Waals surface area contributed by atoms with Gasteiger partial charge >= 0.3 is 0 Å². The maximum atomic E-state index is 10.2. The van der Waals surface area contributed by atoms with Crippen molar-refractivity contribution >= 4 is 19.4 Å². The molecule has 0 saturated heterocycles. The minimum absolute atomic E-state index is 0.809. The van der Waals surface area contributed by atoms with E-state index < -0.39 is 9.04 Å². The van der Waals surface area contributed by atoms with Crippen LogP contribution in [0, 0.1) is 0 Å². The van der Waals surface area contributed by atoms with Crippen molar-refractivity contribution in [2.75, 3.05) is 0 Å². The summed E-state index contributed by atoms with van der Waals surface area (Å²) in [4.78, 5) is 10.2. The fraction of sp³-hybridized carbons (Fsp3) is 0. The molecular formula is C12H9O2Si. The molecule has 4 heterocycles. The number of benzene rings is 2. The van der Waals surface area contributed by atoms with E-state index in [4.69, 9.17) is 4.74 Å². The fourth-order valence-electron chi connectivity index (χ4n) is 1.66. The van der Waals surface area contributed by atoms with Gasteiger partial charge in [0.15, 0.2) is 0 Å². The maximum absolute atomic E-state index is 10.2. The van der Waals surface area contributed by atoms with Gasteiger partial charge in [-0.25, -0.2) is 0 Å². The largest absolute Gasteiger partial charge is 0.457 e. The summed E-state index contributed by atoms with van der Waals surface area (Å²) in [7, 11) is -1.59. The predicted molar refractivity (Wildman–Crippen MR) is 60.2 cm³/mol. The van der Waals surface area contributed by atoms with E-state index in [9.17, 15) is 4.80 Å². The first-order chi connectivity index (χ1) is 7.33. The number of ether oxygens (including phenoxy) is 1. The average molecular weight is 213 g/mol. The summed E-state index contributed by atoms with van der Waals surface area (Å²) in [6.45, 7) is 0. The molecule has 73 valence electrons. The van der Waals surface area contributed by atoms with Crippen LogP contribution in [0.2, 0.25) is 0 Å². The van der Waals surface area contributed by atoms with Crippen molar-refractivity contribution in [1.82, 2.24) is 0 Å². The van der Waals surface area contributed by atoms with E-state index in [1.807, 2.05) is 48.5 Å². The molecule has 1 N–H and O–H groups in total. The van der Waals surface area contributed by atoms with E-state index >= 15 is 0 Å². The molecule has 0 fully saturated rings. The van der Waals surface area contributed by atoms with E-state index in [0.29, 0.717) is 0 Å². The van der Waals surface area contributed by atoms with Crippen molar-refractivity contribution in [2.24, 2.45) is 0 Å². The Kier molecular flexibility index (Phi) is 1.87. The Labute approximate surface area is 89.5 Å². The molecule has 4 bridgehead atoms. The second-order valence-corrected chi connectivity index (χ2v) is 5.35. The summed E-state index contributed by atoms with van der Waals surface area (Å²) in [6, 6.07) is 15.3. The van der Waals surface area contributed by atoms with E-state index in [0.717, 1.165) is 21.9 Å². The number of hydrogen-bond donors (Lipinski definition) is 1. The SMILES string of the molecule is O[Si]1c2ccc(cc2)Oc2ccc1cc2. The van der Waals surface area contributed by atoms with Gasteiger partial charge in [-0.1, -0.05) is 24.3 Å². The van der Waals surface area contributed by atoms with E-state index in [-0.39, 0.29) is 0 Å². The minimum atomic E-state index is -1.59. The Morgan fingerprint density at radius 2 is 1.13 bits per heavy atom. The highest BCUT2D eigenvalue weighted by Gasteiger charge is 2.16. The Bertz CT molecular complexity index is 430. The fourth-order valence-corrected chi connectivity index (χ4v) is 2.96. The Morgan fingerprint density at radius 3 is 1.53 bits per heavy atom. The van der Waals surface area contributed by atoms with Crippen LogP contribution in [0.1, 0.15) is 0 Å². The zero-order chi connectivity index (χ0) is 10.3. The van der Waals surface area contributed by atoms with Gasteiger partial charge < -0.3 is 9.53 Å². The van der Waals surface area contributed by atoms with Crippen molar-refractivity contribution in [3.63, 3.8) is 0 Å². The van der Waals surface area contributed by atoms with Crippen LogP contribution in [-0.2, 0) is 0 Å². The lowest BCUT2D eigenvalue weighted by Gasteiger charge is -2.13. The first-order valence-corrected chi connectivity index (χ1v) is 6.22. The second kappa shape index (κ2) is 3.22. The normalized spacial score (nSPS) is 13.9.